The molecule has 2 rings (SSSR count). The summed E-state index contributed by atoms with van der Waals surface area (Å²) in [4.78, 5) is 0. The summed E-state index contributed by atoms with van der Waals surface area (Å²) >= 11 is 3.32. The van der Waals surface area contributed by atoms with E-state index in [1.54, 1.807) is 28.6 Å². The van der Waals surface area contributed by atoms with Gasteiger partial charge in [-0.2, -0.15) is 0 Å². The van der Waals surface area contributed by atoms with Crippen molar-refractivity contribution >= 4 is 28.8 Å². The molecule has 0 saturated heterocycles. The van der Waals surface area contributed by atoms with Crippen molar-refractivity contribution in [3.05, 3.63) is 35.3 Å². The maximum atomic E-state index is 3.98. The van der Waals surface area contributed by atoms with E-state index in [4.69, 9.17) is 0 Å². The summed E-state index contributed by atoms with van der Waals surface area (Å²) in [5.41, 5.74) is 4.22. The second kappa shape index (κ2) is 5.86. The number of aryl methyl sites for hydroxylation is 1. The molecule has 0 amide bonds. The maximum Gasteiger partial charge on any atom is 0.174 e. The van der Waals surface area contributed by atoms with Crippen molar-refractivity contribution in [2.45, 2.75) is 11.3 Å². The SMILES string of the molecule is Cc1ccc(NCCSc2nncs2)cc1. The van der Waals surface area contributed by atoms with Crippen LogP contribution in [0.3, 0.4) is 0 Å². The Bertz CT molecular complexity index is 411. The molecule has 0 aliphatic carbocycles. The van der Waals surface area contributed by atoms with Crippen LogP contribution in [-0.2, 0) is 0 Å². The molecule has 0 aliphatic heterocycles. The normalized spacial score (nSPS) is 10.3. The first kappa shape index (κ1) is 11.4. The zero-order valence-corrected chi connectivity index (χ0v) is 10.6. The lowest BCUT2D eigenvalue weighted by atomic mass is 10.2. The molecule has 3 nitrogen and oxygen atoms in total. The first-order chi connectivity index (χ1) is 7.84. The van der Waals surface area contributed by atoms with E-state index in [2.05, 4.69) is 46.7 Å². The number of aromatic nitrogens is 2. The highest BCUT2D eigenvalue weighted by molar-refractivity contribution is 8.01. The van der Waals surface area contributed by atoms with E-state index >= 15 is 0 Å². The summed E-state index contributed by atoms with van der Waals surface area (Å²) in [6.07, 6.45) is 0. The third-order valence-corrected chi connectivity index (χ3v) is 3.91. The predicted molar refractivity (Wildman–Crippen MR) is 70.3 cm³/mol. The van der Waals surface area contributed by atoms with Crippen molar-refractivity contribution in [2.75, 3.05) is 17.6 Å². The lowest BCUT2D eigenvalue weighted by molar-refractivity contribution is 1.01. The molecule has 1 aromatic carbocycles. The Hall–Kier alpha value is -1.07. The van der Waals surface area contributed by atoms with Crippen LogP contribution in [0.4, 0.5) is 5.69 Å². The zero-order chi connectivity index (χ0) is 11.2. The third kappa shape index (κ3) is 3.50. The second-order valence-electron chi connectivity index (χ2n) is 3.35. The summed E-state index contributed by atoms with van der Waals surface area (Å²) in [5.74, 6) is 1.00. The standard InChI is InChI=1S/C11H13N3S2/c1-9-2-4-10(5-3-9)12-6-7-15-11-14-13-8-16-11/h2-5,8,12H,6-7H2,1H3. The maximum absolute atomic E-state index is 3.98. The number of nitrogens with zero attached hydrogens (tertiary/aromatic N) is 2. The fraction of sp³-hybridized carbons (Fsp3) is 0.273. The summed E-state index contributed by atoms with van der Waals surface area (Å²) in [6.45, 7) is 3.03. The number of anilines is 1. The highest BCUT2D eigenvalue weighted by Crippen LogP contribution is 2.18. The van der Waals surface area contributed by atoms with E-state index in [0.29, 0.717) is 0 Å². The molecule has 0 saturated carbocycles. The minimum atomic E-state index is 0.938. The van der Waals surface area contributed by atoms with Crippen molar-refractivity contribution in [3.8, 4) is 0 Å². The van der Waals surface area contributed by atoms with Gasteiger partial charge in [-0.25, -0.2) is 0 Å². The Morgan fingerprint density at radius 1 is 1.31 bits per heavy atom. The topological polar surface area (TPSA) is 37.8 Å². The van der Waals surface area contributed by atoms with Gasteiger partial charge in [-0.15, -0.1) is 10.2 Å². The highest BCUT2D eigenvalue weighted by Gasteiger charge is 1.97. The van der Waals surface area contributed by atoms with Crippen LogP contribution in [-0.4, -0.2) is 22.5 Å². The Kier molecular flexibility index (Phi) is 4.18. The first-order valence-electron chi connectivity index (χ1n) is 5.04. The van der Waals surface area contributed by atoms with Crippen LogP contribution >= 0.6 is 23.1 Å². The van der Waals surface area contributed by atoms with Crippen LogP contribution in [0.25, 0.3) is 0 Å². The van der Waals surface area contributed by atoms with Crippen LogP contribution < -0.4 is 5.32 Å². The Morgan fingerprint density at radius 2 is 2.12 bits per heavy atom. The number of hydrogen-bond acceptors (Lipinski definition) is 5. The van der Waals surface area contributed by atoms with Crippen LogP contribution in [0.15, 0.2) is 34.1 Å². The highest BCUT2D eigenvalue weighted by atomic mass is 32.2. The Morgan fingerprint density at radius 3 is 2.81 bits per heavy atom. The second-order valence-corrected chi connectivity index (χ2v) is 5.52. The van der Waals surface area contributed by atoms with Crippen molar-refractivity contribution in [3.63, 3.8) is 0 Å². The first-order valence-corrected chi connectivity index (χ1v) is 6.90. The fourth-order valence-corrected chi connectivity index (χ4v) is 2.64. The third-order valence-electron chi connectivity index (χ3n) is 2.05. The van der Waals surface area contributed by atoms with Gasteiger partial charge in [-0.05, 0) is 19.1 Å². The number of hydrogen-bond donors (Lipinski definition) is 1. The molecule has 0 aliphatic rings. The molecule has 84 valence electrons. The average molecular weight is 251 g/mol. The van der Waals surface area contributed by atoms with Gasteiger partial charge in [0.2, 0.25) is 0 Å². The predicted octanol–water partition coefficient (Wildman–Crippen LogP) is 3.05. The fourth-order valence-electron chi connectivity index (χ4n) is 1.23. The number of nitrogens with one attached hydrogen (secondary N) is 1. The van der Waals surface area contributed by atoms with E-state index in [9.17, 15) is 0 Å². The molecule has 1 aromatic heterocycles. The Balaban J connectivity index is 1.70. The molecule has 0 spiro atoms. The molecule has 0 radical (unpaired) electrons. The minimum Gasteiger partial charge on any atom is -0.384 e. The molecule has 2 aromatic rings. The Labute approximate surface area is 103 Å². The van der Waals surface area contributed by atoms with Gasteiger partial charge in [-0.1, -0.05) is 40.8 Å². The lowest BCUT2D eigenvalue weighted by Gasteiger charge is -2.05. The molecular weight excluding hydrogens is 238 g/mol. The van der Waals surface area contributed by atoms with E-state index in [1.165, 1.54) is 11.3 Å². The summed E-state index contributed by atoms with van der Waals surface area (Å²) in [7, 11) is 0. The van der Waals surface area contributed by atoms with E-state index in [1.807, 2.05) is 0 Å². The van der Waals surface area contributed by atoms with Crippen molar-refractivity contribution < 1.29 is 0 Å². The van der Waals surface area contributed by atoms with Crippen molar-refractivity contribution in [1.29, 1.82) is 0 Å². The lowest BCUT2D eigenvalue weighted by Crippen LogP contribution is -2.03. The smallest absolute Gasteiger partial charge is 0.174 e. The van der Waals surface area contributed by atoms with Gasteiger partial charge < -0.3 is 5.32 Å². The molecular formula is C11H13N3S2. The molecule has 0 unspecified atom stereocenters. The zero-order valence-electron chi connectivity index (χ0n) is 9.01. The van der Waals surface area contributed by atoms with Crippen LogP contribution in [0.2, 0.25) is 0 Å². The van der Waals surface area contributed by atoms with Gasteiger partial charge in [0, 0.05) is 18.0 Å². The average Bonchev–Trinajstić information content (AvgIpc) is 2.80. The molecule has 5 heteroatoms. The van der Waals surface area contributed by atoms with Crippen LogP contribution in [0.5, 0.6) is 0 Å². The molecule has 0 bridgehead atoms. The van der Waals surface area contributed by atoms with Gasteiger partial charge in [-0.3, -0.25) is 0 Å². The van der Waals surface area contributed by atoms with Gasteiger partial charge in [0.15, 0.2) is 4.34 Å². The van der Waals surface area contributed by atoms with Gasteiger partial charge in [0.1, 0.15) is 5.51 Å². The van der Waals surface area contributed by atoms with E-state index in [-0.39, 0.29) is 0 Å². The van der Waals surface area contributed by atoms with Crippen LogP contribution in [0, 0.1) is 6.92 Å². The summed E-state index contributed by atoms with van der Waals surface area (Å²) in [5, 5.41) is 11.1. The molecule has 0 atom stereocenters. The van der Waals surface area contributed by atoms with E-state index in [0.717, 1.165) is 16.6 Å². The van der Waals surface area contributed by atoms with Gasteiger partial charge in [0.05, 0.1) is 0 Å². The molecule has 0 fully saturated rings. The van der Waals surface area contributed by atoms with Gasteiger partial charge in [0.25, 0.3) is 0 Å². The van der Waals surface area contributed by atoms with Crippen molar-refractivity contribution in [1.82, 2.24) is 10.2 Å². The molecule has 1 N–H and O–H groups in total. The van der Waals surface area contributed by atoms with Gasteiger partial charge >= 0.3 is 0 Å². The monoisotopic (exact) mass is 251 g/mol. The molecule has 1 heterocycles. The largest absolute Gasteiger partial charge is 0.384 e. The quantitative estimate of drug-likeness (QED) is 0.654. The van der Waals surface area contributed by atoms with Crippen molar-refractivity contribution in [2.24, 2.45) is 0 Å². The number of benzene rings is 1. The minimum absolute atomic E-state index is 0.938. The summed E-state index contributed by atoms with van der Waals surface area (Å²) < 4.78 is 1.03. The number of rotatable bonds is 5. The van der Waals surface area contributed by atoms with E-state index < -0.39 is 0 Å². The number of thioether (sulfide) groups is 1. The van der Waals surface area contributed by atoms with Crippen LogP contribution in [0.1, 0.15) is 5.56 Å². The molecule has 16 heavy (non-hydrogen) atoms. The summed E-state index contributed by atoms with van der Waals surface area (Å²) in [6, 6.07) is 8.43.